The van der Waals surface area contributed by atoms with Crippen LogP contribution >= 0.6 is 0 Å². The average Bonchev–Trinajstić information content (AvgIpc) is 2.97. The molecule has 0 unspecified atom stereocenters. The first-order valence-electron chi connectivity index (χ1n) is 7.28. The third kappa shape index (κ3) is 5.06. The van der Waals surface area contributed by atoms with Gasteiger partial charge in [0, 0.05) is 6.54 Å². The molecule has 1 aliphatic rings. The Morgan fingerprint density at radius 1 is 1.33 bits per heavy atom. The minimum absolute atomic E-state index is 0.207. The zero-order chi connectivity index (χ0) is 15.1. The van der Waals surface area contributed by atoms with Crippen molar-refractivity contribution < 1.29 is 14.3 Å². The second-order valence-electron chi connectivity index (χ2n) is 5.33. The molecular weight excluding hydrogens is 266 g/mol. The van der Waals surface area contributed by atoms with Crippen LogP contribution in [0, 0.1) is 12.8 Å². The highest BCUT2D eigenvalue weighted by Gasteiger charge is 2.15. The molecule has 21 heavy (non-hydrogen) atoms. The molecule has 1 aliphatic carbocycles. The van der Waals surface area contributed by atoms with E-state index < -0.39 is 0 Å². The molecule has 0 radical (unpaired) electrons. The lowest BCUT2D eigenvalue weighted by Crippen LogP contribution is -2.28. The van der Waals surface area contributed by atoms with Gasteiger partial charge in [-0.25, -0.2) is 0 Å². The van der Waals surface area contributed by atoms with Gasteiger partial charge in [0.05, 0.1) is 6.42 Å². The first-order valence-corrected chi connectivity index (χ1v) is 7.28. The van der Waals surface area contributed by atoms with Crippen molar-refractivity contribution in [3.05, 3.63) is 47.5 Å². The van der Waals surface area contributed by atoms with Crippen LogP contribution in [0.4, 0.5) is 0 Å². The molecule has 1 amide bonds. The van der Waals surface area contributed by atoms with E-state index >= 15 is 0 Å². The summed E-state index contributed by atoms with van der Waals surface area (Å²) in [6.45, 7) is 2.24. The number of hydrogen-bond acceptors (Lipinski definition) is 3. The molecule has 0 saturated carbocycles. The molecule has 1 N–H and O–H groups in total. The number of rotatable bonds is 6. The molecule has 0 heterocycles. The summed E-state index contributed by atoms with van der Waals surface area (Å²) >= 11 is 0. The number of benzene rings is 1. The molecule has 0 spiro atoms. The van der Waals surface area contributed by atoms with Gasteiger partial charge in [-0.15, -0.1) is 0 Å². The fraction of sp³-hybridized carbons (Fsp3) is 0.412. The summed E-state index contributed by atoms with van der Waals surface area (Å²) in [5, 5.41) is 2.76. The standard InChI is InChI=1S/C17H21NO3/c1-13-6-2-5-9-15(13)11-18-16(19)12-21-17(20)10-14-7-3-4-8-14/h2-3,5-7,9,14H,4,8,10-12H2,1H3,(H,18,19)/t14-/m1/s1. The maximum absolute atomic E-state index is 11.7. The summed E-state index contributed by atoms with van der Waals surface area (Å²) < 4.78 is 5.00. The number of allylic oxidation sites excluding steroid dienone is 2. The van der Waals surface area contributed by atoms with E-state index in [2.05, 4.69) is 11.4 Å². The SMILES string of the molecule is Cc1ccccc1CNC(=O)COC(=O)C[C@@H]1C=CCC1. The fourth-order valence-corrected chi connectivity index (χ4v) is 2.34. The Bertz CT molecular complexity index is 537. The summed E-state index contributed by atoms with van der Waals surface area (Å²) in [5.41, 5.74) is 2.19. The van der Waals surface area contributed by atoms with Crippen LogP contribution in [0.5, 0.6) is 0 Å². The average molecular weight is 287 g/mol. The lowest BCUT2D eigenvalue weighted by atomic mass is 10.1. The molecule has 0 aliphatic heterocycles. The minimum Gasteiger partial charge on any atom is -0.456 e. The summed E-state index contributed by atoms with van der Waals surface area (Å²) in [4.78, 5) is 23.3. The molecule has 1 aromatic carbocycles. The van der Waals surface area contributed by atoms with Gasteiger partial charge in [-0.2, -0.15) is 0 Å². The normalized spacial score (nSPS) is 16.7. The van der Waals surface area contributed by atoms with Crippen molar-refractivity contribution in [1.82, 2.24) is 5.32 Å². The molecule has 4 nitrogen and oxygen atoms in total. The maximum Gasteiger partial charge on any atom is 0.306 e. The van der Waals surface area contributed by atoms with Crippen molar-refractivity contribution in [2.24, 2.45) is 5.92 Å². The summed E-state index contributed by atoms with van der Waals surface area (Å²) in [5.74, 6) is -0.307. The molecule has 1 aromatic rings. The molecule has 112 valence electrons. The third-order valence-electron chi connectivity index (χ3n) is 3.64. The van der Waals surface area contributed by atoms with E-state index in [9.17, 15) is 9.59 Å². The summed E-state index contributed by atoms with van der Waals surface area (Å²) in [7, 11) is 0. The second kappa shape index (κ2) is 7.62. The van der Waals surface area contributed by atoms with Crippen LogP contribution in [0.2, 0.25) is 0 Å². The fourth-order valence-electron chi connectivity index (χ4n) is 2.34. The van der Waals surface area contributed by atoms with Crippen LogP contribution in [0.1, 0.15) is 30.4 Å². The maximum atomic E-state index is 11.7. The van der Waals surface area contributed by atoms with E-state index in [4.69, 9.17) is 4.74 Å². The smallest absolute Gasteiger partial charge is 0.306 e. The Morgan fingerprint density at radius 2 is 2.14 bits per heavy atom. The predicted octanol–water partition coefficient (Wildman–Crippen LogP) is 2.51. The van der Waals surface area contributed by atoms with Gasteiger partial charge in [-0.3, -0.25) is 9.59 Å². The zero-order valence-corrected chi connectivity index (χ0v) is 12.3. The van der Waals surface area contributed by atoms with Crippen molar-refractivity contribution >= 4 is 11.9 Å². The Labute approximate surface area is 125 Å². The highest BCUT2D eigenvalue weighted by molar-refractivity contribution is 5.80. The highest BCUT2D eigenvalue weighted by atomic mass is 16.5. The van der Waals surface area contributed by atoms with Gasteiger partial charge in [0.1, 0.15) is 0 Å². The number of carbonyl (C=O) groups excluding carboxylic acids is 2. The second-order valence-corrected chi connectivity index (χ2v) is 5.33. The number of ether oxygens (including phenoxy) is 1. The van der Waals surface area contributed by atoms with Crippen molar-refractivity contribution in [3.8, 4) is 0 Å². The molecule has 0 saturated heterocycles. The van der Waals surface area contributed by atoms with E-state index in [-0.39, 0.29) is 24.4 Å². The van der Waals surface area contributed by atoms with Crippen LogP contribution in [0.25, 0.3) is 0 Å². The van der Waals surface area contributed by atoms with Crippen molar-refractivity contribution in [2.75, 3.05) is 6.61 Å². The van der Waals surface area contributed by atoms with Gasteiger partial charge in [0.2, 0.25) is 0 Å². The Kier molecular flexibility index (Phi) is 5.55. The molecule has 1 atom stereocenters. The van der Waals surface area contributed by atoms with E-state index in [1.807, 2.05) is 37.3 Å². The van der Waals surface area contributed by atoms with Gasteiger partial charge >= 0.3 is 5.97 Å². The van der Waals surface area contributed by atoms with Crippen LogP contribution in [0.3, 0.4) is 0 Å². The Morgan fingerprint density at radius 3 is 2.86 bits per heavy atom. The Hall–Kier alpha value is -2.10. The predicted molar refractivity (Wildman–Crippen MR) is 80.5 cm³/mol. The summed E-state index contributed by atoms with van der Waals surface area (Å²) in [6.07, 6.45) is 6.50. The van der Waals surface area contributed by atoms with E-state index in [0.717, 1.165) is 24.0 Å². The molecule has 2 rings (SSSR count). The van der Waals surface area contributed by atoms with Gasteiger partial charge in [0.25, 0.3) is 5.91 Å². The van der Waals surface area contributed by atoms with Gasteiger partial charge < -0.3 is 10.1 Å². The lowest BCUT2D eigenvalue weighted by Gasteiger charge is -2.10. The van der Waals surface area contributed by atoms with Gasteiger partial charge in [0.15, 0.2) is 6.61 Å². The number of amides is 1. The highest BCUT2D eigenvalue weighted by Crippen LogP contribution is 2.20. The molecule has 0 fully saturated rings. The molecule has 0 bridgehead atoms. The number of hydrogen-bond donors (Lipinski definition) is 1. The number of nitrogens with one attached hydrogen (secondary N) is 1. The molecule has 4 heteroatoms. The van der Waals surface area contributed by atoms with E-state index in [1.165, 1.54) is 0 Å². The first-order chi connectivity index (χ1) is 10.1. The number of esters is 1. The Balaban J connectivity index is 1.66. The van der Waals surface area contributed by atoms with Gasteiger partial charge in [-0.1, -0.05) is 36.4 Å². The third-order valence-corrected chi connectivity index (χ3v) is 3.64. The monoisotopic (exact) mass is 287 g/mol. The quantitative estimate of drug-likeness (QED) is 0.646. The van der Waals surface area contributed by atoms with Gasteiger partial charge in [-0.05, 0) is 36.8 Å². The number of carbonyl (C=O) groups is 2. The lowest BCUT2D eigenvalue weighted by molar-refractivity contribution is -0.149. The van der Waals surface area contributed by atoms with Crippen molar-refractivity contribution in [3.63, 3.8) is 0 Å². The van der Waals surface area contributed by atoms with Crippen molar-refractivity contribution in [1.29, 1.82) is 0 Å². The summed E-state index contributed by atoms with van der Waals surface area (Å²) in [6, 6.07) is 7.86. The van der Waals surface area contributed by atoms with Crippen LogP contribution in [0.15, 0.2) is 36.4 Å². The van der Waals surface area contributed by atoms with Crippen LogP contribution in [-0.2, 0) is 20.9 Å². The zero-order valence-electron chi connectivity index (χ0n) is 12.3. The number of aryl methyl sites for hydroxylation is 1. The van der Waals surface area contributed by atoms with Crippen molar-refractivity contribution in [2.45, 2.75) is 32.7 Å². The largest absolute Gasteiger partial charge is 0.456 e. The first kappa shape index (κ1) is 15.3. The molecule has 0 aromatic heterocycles. The van der Waals surface area contributed by atoms with Crippen LogP contribution in [-0.4, -0.2) is 18.5 Å². The minimum atomic E-state index is -0.308. The van der Waals surface area contributed by atoms with E-state index in [1.54, 1.807) is 0 Å². The molecular formula is C17H21NO3. The topological polar surface area (TPSA) is 55.4 Å². The van der Waals surface area contributed by atoms with E-state index in [0.29, 0.717) is 13.0 Å². The van der Waals surface area contributed by atoms with Crippen LogP contribution < -0.4 is 5.32 Å².